The number of amides is 2. The molecule has 2 fully saturated rings. The Kier molecular flexibility index (Phi) is 7.60. The molecule has 4 aromatic carbocycles. The molecular formula is C35H30BFN2O6. The van der Waals surface area contributed by atoms with Crippen molar-refractivity contribution in [2.75, 3.05) is 16.8 Å². The monoisotopic (exact) mass is 604 g/mol. The first-order valence-corrected chi connectivity index (χ1v) is 14.9. The largest absolute Gasteiger partial charge is 0.505 e. The van der Waals surface area contributed by atoms with E-state index in [1.807, 2.05) is 72.8 Å². The third-order valence-corrected chi connectivity index (χ3v) is 8.90. The number of anilines is 3. The van der Waals surface area contributed by atoms with Crippen LogP contribution in [-0.2, 0) is 14.2 Å². The van der Waals surface area contributed by atoms with Crippen LogP contribution in [-0.4, -0.2) is 35.7 Å². The Balaban J connectivity index is 1.20. The summed E-state index contributed by atoms with van der Waals surface area (Å²) >= 11 is 0. The lowest BCUT2D eigenvalue weighted by molar-refractivity contribution is -0.123. The van der Waals surface area contributed by atoms with E-state index in [-0.39, 0.29) is 31.3 Å². The summed E-state index contributed by atoms with van der Waals surface area (Å²) in [6.07, 6.45) is -0.296. The number of ether oxygens (including phenoxy) is 1. The number of nitrogens with zero attached hydrogens (tertiary/aromatic N) is 1. The molecule has 0 unspecified atom stereocenters. The number of para-hydroxylation sites is 2. The van der Waals surface area contributed by atoms with E-state index in [0.29, 0.717) is 28.0 Å². The quantitative estimate of drug-likeness (QED) is 0.177. The number of allylic oxidation sites excluding steroid dienone is 1. The first-order valence-electron chi connectivity index (χ1n) is 14.9. The van der Waals surface area contributed by atoms with Crippen LogP contribution < -0.4 is 15.0 Å². The van der Waals surface area contributed by atoms with Gasteiger partial charge in [-0.05, 0) is 96.0 Å². The van der Waals surface area contributed by atoms with Gasteiger partial charge in [0.2, 0.25) is 11.8 Å². The number of rotatable bonds is 7. The molecule has 2 amide bonds. The van der Waals surface area contributed by atoms with Crippen LogP contribution in [0.5, 0.6) is 11.5 Å². The number of imide groups is 1. The number of aromatic hydroxyl groups is 1. The maximum atomic E-state index is 14.3. The number of phenols is 1. The molecular weight excluding hydrogens is 574 g/mol. The highest BCUT2D eigenvalue weighted by molar-refractivity contribution is 6.53. The summed E-state index contributed by atoms with van der Waals surface area (Å²) in [5.74, 6) is -3.28. The van der Waals surface area contributed by atoms with Crippen LogP contribution in [0.1, 0.15) is 24.5 Å². The van der Waals surface area contributed by atoms with Gasteiger partial charge in [0, 0.05) is 11.4 Å². The maximum Gasteiger partial charge on any atom is 0.487 e. The average Bonchev–Trinajstić information content (AvgIpc) is 3.31. The molecule has 0 spiro atoms. The summed E-state index contributed by atoms with van der Waals surface area (Å²) in [6.45, 7) is 0.110. The van der Waals surface area contributed by atoms with E-state index < -0.39 is 42.5 Å². The Bertz CT molecular complexity index is 1770. The van der Waals surface area contributed by atoms with Crippen LogP contribution in [0.15, 0.2) is 114 Å². The zero-order valence-electron chi connectivity index (χ0n) is 24.2. The summed E-state index contributed by atoms with van der Waals surface area (Å²) < 4.78 is 26.3. The number of carbonyl (C=O) groups is 2. The summed E-state index contributed by atoms with van der Waals surface area (Å²) in [4.78, 5) is 29.4. The number of halogens is 1. The SMILES string of the molecule is O=C1[C@H]2[C@H](CC(COc3ccccc3)=C3B(O)O[C@H](c4ccc(O)c(F)c4)C[C@H]32)C(=O)N1c1ccc(Nc2ccccc2)cc1. The van der Waals surface area contributed by atoms with Crippen molar-refractivity contribution in [2.24, 2.45) is 17.8 Å². The lowest BCUT2D eigenvalue weighted by atomic mass is 9.55. The molecule has 45 heavy (non-hydrogen) atoms. The molecule has 2 heterocycles. The second-order valence-electron chi connectivity index (χ2n) is 11.6. The van der Waals surface area contributed by atoms with Crippen molar-refractivity contribution in [3.05, 3.63) is 126 Å². The Labute approximate surface area is 259 Å². The molecule has 4 atom stereocenters. The predicted octanol–water partition coefficient (Wildman–Crippen LogP) is 5.96. The fourth-order valence-corrected chi connectivity index (χ4v) is 6.81. The van der Waals surface area contributed by atoms with Crippen LogP contribution in [0.2, 0.25) is 0 Å². The molecule has 2 aliphatic heterocycles. The summed E-state index contributed by atoms with van der Waals surface area (Å²) in [5.41, 5.74) is 3.84. The van der Waals surface area contributed by atoms with Crippen LogP contribution in [0.4, 0.5) is 21.5 Å². The Hall–Kier alpha value is -4.93. The standard InChI is InChI=1S/C35H30BFN2O6/c37-29-18-21(11-16-30(29)40)31-19-27-32-28(17-22(33(27)36(43)45-31)20-44-26-9-5-2-6-10-26)34(41)39(35(32)42)25-14-12-24(13-15-25)38-23-7-3-1-4-8-23/h1-16,18,27-28,31-32,38,40,43H,17,19-20H2/t27-,28-,31-,32+/m0/s1. The lowest BCUT2D eigenvalue weighted by Gasteiger charge is -2.42. The average molecular weight is 604 g/mol. The first-order chi connectivity index (χ1) is 21.9. The van der Waals surface area contributed by atoms with E-state index in [1.165, 1.54) is 23.1 Å². The van der Waals surface area contributed by atoms with E-state index in [4.69, 9.17) is 9.39 Å². The number of nitrogens with one attached hydrogen (secondary N) is 1. The highest BCUT2D eigenvalue weighted by atomic mass is 19.1. The van der Waals surface area contributed by atoms with Crippen LogP contribution in [0.3, 0.4) is 0 Å². The van der Waals surface area contributed by atoms with Gasteiger partial charge in [0.25, 0.3) is 0 Å². The number of carbonyl (C=O) groups excluding carboxylic acids is 2. The van der Waals surface area contributed by atoms with Gasteiger partial charge in [-0.2, -0.15) is 0 Å². The van der Waals surface area contributed by atoms with Crippen molar-refractivity contribution in [3.8, 4) is 11.5 Å². The summed E-state index contributed by atoms with van der Waals surface area (Å²) in [6, 6.07) is 29.9. The van der Waals surface area contributed by atoms with E-state index in [0.717, 1.165) is 11.4 Å². The maximum absolute atomic E-state index is 14.3. The summed E-state index contributed by atoms with van der Waals surface area (Å²) in [7, 11) is -1.39. The molecule has 0 aromatic heterocycles. The van der Waals surface area contributed by atoms with Crippen LogP contribution >= 0.6 is 0 Å². The molecule has 3 aliphatic rings. The lowest BCUT2D eigenvalue weighted by Crippen LogP contribution is -2.45. The van der Waals surface area contributed by atoms with Gasteiger partial charge in [-0.15, -0.1) is 0 Å². The molecule has 7 rings (SSSR count). The molecule has 0 saturated carbocycles. The third kappa shape index (κ3) is 5.47. The topological polar surface area (TPSA) is 108 Å². The fourth-order valence-electron chi connectivity index (χ4n) is 6.81. The highest BCUT2D eigenvalue weighted by Crippen LogP contribution is 2.52. The van der Waals surface area contributed by atoms with Crippen molar-refractivity contribution in [1.29, 1.82) is 0 Å². The molecule has 1 aliphatic carbocycles. The molecule has 226 valence electrons. The zero-order chi connectivity index (χ0) is 31.1. The van der Waals surface area contributed by atoms with Gasteiger partial charge in [0.15, 0.2) is 11.6 Å². The van der Waals surface area contributed by atoms with Gasteiger partial charge in [0.05, 0.1) is 23.6 Å². The summed E-state index contributed by atoms with van der Waals surface area (Å²) in [5, 5.41) is 24.3. The minimum absolute atomic E-state index is 0.110. The van der Waals surface area contributed by atoms with Crippen molar-refractivity contribution >= 4 is 36.0 Å². The molecule has 3 N–H and O–H groups in total. The Morgan fingerprint density at radius 1 is 0.889 bits per heavy atom. The van der Waals surface area contributed by atoms with E-state index in [2.05, 4.69) is 5.32 Å². The van der Waals surface area contributed by atoms with Crippen LogP contribution in [0, 0.1) is 23.6 Å². The fraction of sp³-hybridized carbons (Fsp3) is 0.200. The third-order valence-electron chi connectivity index (χ3n) is 8.90. The number of hydrogen-bond acceptors (Lipinski definition) is 7. The molecule has 8 nitrogen and oxygen atoms in total. The molecule has 10 heteroatoms. The van der Waals surface area contributed by atoms with E-state index in [9.17, 15) is 24.1 Å². The molecule has 4 aromatic rings. The first kappa shape index (κ1) is 28.8. The Morgan fingerprint density at radius 2 is 1.58 bits per heavy atom. The van der Waals surface area contributed by atoms with Gasteiger partial charge in [-0.25, -0.2) is 4.39 Å². The van der Waals surface area contributed by atoms with Crippen molar-refractivity contribution < 1.29 is 33.5 Å². The second kappa shape index (κ2) is 11.9. The van der Waals surface area contributed by atoms with Gasteiger partial charge in [-0.3, -0.25) is 14.5 Å². The predicted molar refractivity (Wildman–Crippen MR) is 167 cm³/mol. The van der Waals surface area contributed by atoms with E-state index in [1.54, 1.807) is 12.1 Å². The molecule has 0 bridgehead atoms. The number of benzene rings is 4. The number of fused-ring (bicyclic) bond motifs is 3. The van der Waals surface area contributed by atoms with Crippen molar-refractivity contribution in [1.82, 2.24) is 0 Å². The van der Waals surface area contributed by atoms with E-state index >= 15 is 0 Å². The van der Waals surface area contributed by atoms with Crippen LogP contribution in [0.25, 0.3) is 0 Å². The normalized spacial score (nSPS) is 22.7. The smallest absolute Gasteiger partial charge is 0.487 e. The second-order valence-corrected chi connectivity index (χ2v) is 11.6. The van der Waals surface area contributed by atoms with Gasteiger partial charge in [-0.1, -0.05) is 42.5 Å². The number of phenolic OH excluding ortho intramolecular Hbond substituents is 1. The Morgan fingerprint density at radius 3 is 2.29 bits per heavy atom. The molecule has 0 radical (unpaired) electrons. The van der Waals surface area contributed by atoms with Gasteiger partial charge >= 0.3 is 7.12 Å². The van der Waals surface area contributed by atoms with Crippen molar-refractivity contribution in [2.45, 2.75) is 18.9 Å². The highest BCUT2D eigenvalue weighted by Gasteiger charge is 2.58. The van der Waals surface area contributed by atoms with Gasteiger partial charge < -0.3 is 24.8 Å². The minimum atomic E-state index is -1.39. The van der Waals surface area contributed by atoms with Gasteiger partial charge in [0.1, 0.15) is 12.4 Å². The zero-order valence-corrected chi connectivity index (χ0v) is 24.2. The minimum Gasteiger partial charge on any atom is -0.505 e. The van der Waals surface area contributed by atoms with Crippen molar-refractivity contribution in [3.63, 3.8) is 0 Å². The molecule has 2 saturated heterocycles. The number of hydrogen-bond donors (Lipinski definition) is 3.